The lowest BCUT2D eigenvalue weighted by molar-refractivity contribution is 0.217. The van der Waals surface area contributed by atoms with E-state index in [1.165, 1.54) is 11.1 Å². The lowest BCUT2D eigenvalue weighted by Crippen LogP contribution is -2.26. The highest BCUT2D eigenvalue weighted by Gasteiger charge is 2.05. The number of nitrogens with zero attached hydrogens (tertiary/aromatic N) is 1. The predicted molar refractivity (Wildman–Crippen MR) is 107 cm³/mol. The number of rotatable bonds is 6. The molecule has 1 aliphatic heterocycles. The standard InChI is InChI=1S/C20H25N3O.ClH/c1-3-15(2)24-19-10-6-17(7-11-19)14-16-4-8-18(9-5-16)23-20-21-12-13-22-20;/h4-11,15H,3,12-14H2,1-2H3,(H2,21,22,23);1H. The molecule has 3 rings (SSSR count). The summed E-state index contributed by atoms with van der Waals surface area (Å²) in [6.45, 7) is 5.98. The molecule has 0 aromatic heterocycles. The number of aliphatic imine (C=N–C) groups is 1. The summed E-state index contributed by atoms with van der Waals surface area (Å²) in [5.41, 5.74) is 3.63. The van der Waals surface area contributed by atoms with Gasteiger partial charge in [-0.25, -0.2) is 0 Å². The monoisotopic (exact) mass is 359 g/mol. The fraction of sp³-hybridized carbons (Fsp3) is 0.350. The van der Waals surface area contributed by atoms with Crippen molar-refractivity contribution in [3.05, 3.63) is 59.7 Å². The van der Waals surface area contributed by atoms with Crippen LogP contribution in [0.2, 0.25) is 0 Å². The Labute approximate surface area is 156 Å². The molecule has 1 unspecified atom stereocenters. The highest BCUT2D eigenvalue weighted by molar-refractivity contribution is 5.94. The second-order valence-electron chi connectivity index (χ2n) is 6.14. The van der Waals surface area contributed by atoms with Crippen LogP contribution < -0.4 is 15.4 Å². The number of halogens is 1. The van der Waals surface area contributed by atoms with Crippen molar-refractivity contribution >= 4 is 24.1 Å². The molecule has 4 nitrogen and oxygen atoms in total. The quantitative estimate of drug-likeness (QED) is 0.810. The van der Waals surface area contributed by atoms with Gasteiger partial charge in [0.25, 0.3) is 0 Å². The minimum atomic E-state index is 0. The van der Waals surface area contributed by atoms with Crippen LogP contribution in [0.5, 0.6) is 5.75 Å². The summed E-state index contributed by atoms with van der Waals surface area (Å²) in [6.07, 6.45) is 2.20. The number of hydrogen-bond donors (Lipinski definition) is 2. The van der Waals surface area contributed by atoms with Gasteiger partial charge in [0.2, 0.25) is 0 Å². The molecule has 0 aliphatic carbocycles. The second kappa shape index (κ2) is 9.33. The third-order valence-corrected chi connectivity index (χ3v) is 4.13. The van der Waals surface area contributed by atoms with Crippen LogP contribution in [0.1, 0.15) is 31.4 Å². The van der Waals surface area contributed by atoms with E-state index in [4.69, 9.17) is 4.74 Å². The zero-order valence-electron chi connectivity index (χ0n) is 14.8. The van der Waals surface area contributed by atoms with Gasteiger partial charge >= 0.3 is 0 Å². The molecular weight excluding hydrogens is 334 g/mol. The number of nitrogens with one attached hydrogen (secondary N) is 2. The summed E-state index contributed by atoms with van der Waals surface area (Å²) < 4.78 is 5.82. The van der Waals surface area contributed by atoms with E-state index in [-0.39, 0.29) is 18.5 Å². The number of ether oxygens (including phenoxy) is 1. The molecule has 1 heterocycles. The molecule has 5 heteroatoms. The predicted octanol–water partition coefficient (Wildman–Crippen LogP) is 4.25. The normalized spacial score (nSPS) is 14.1. The average molecular weight is 360 g/mol. The highest BCUT2D eigenvalue weighted by atomic mass is 35.5. The Morgan fingerprint density at radius 1 is 1.08 bits per heavy atom. The van der Waals surface area contributed by atoms with E-state index in [0.29, 0.717) is 0 Å². The first-order chi connectivity index (χ1) is 11.7. The Bertz CT molecular complexity index is 683. The zero-order chi connectivity index (χ0) is 16.8. The van der Waals surface area contributed by atoms with Crippen molar-refractivity contribution in [3.8, 4) is 5.75 Å². The van der Waals surface area contributed by atoms with Gasteiger partial charge in [-0.05, 0) is 55.2 Å². The van der Waals surface area contributed by atoms with Crippen molar-refractivity contribution < 1.29 is 4.74 Å². The molecule has 2 aromatic carbocycles. The van der Waals surface area contributed by atoms with Gasteiger partial charge in [-0.15, -0.1) is 12.4 Å². The Balaban J connectivity index is 0.00000225. The van der Waals surface area contributed by atoms with E-state index in [1.807, 2.05) is 0 Å². The van der Waals surface area contributed by atoms with Crippen LogP contribution in [0.3, 0.4) is 0 Å². The molecule has 2 N–H and O–H groups in total. The molecule has 1 aliphatic rings. The molecule has 0 saturated heterocycles. The van der Waals surface area contributed by atoms with Crippen LogP contribution in [0, 0.1) is 0 Å². The first-order valence-electron chi connectivity index (χ1n) is 8.63. The zero-order valence-corrected chi connectivity index (χ0v) is 15.6. The third kappa shape index (κ3) is 5.68. The van der Waals surface area contributed by atoms with Crippen LogP contribution in [0.25, 0.3) is 0 Å². The summed E-state index contributed by atoms with van der Waals surface area (Å²) in [6, 6.07) is 16.9. The van der Waals surface area contributed by atoms with E-state index in [0.717, 1.165) is 43.3 Å². The summed E-state index contributed by atoms with van der Waals surface area (Å²) in [5.74, 6) is 1.80. The minimum absolute atomic E-state index is 0. The van der Waals surface area contributed by atoms with E-state index in [1.54, 1.807) is 0 Å². The van der Waals surface area contributed by atoms with Crippen molar-refractivity contribution in [2.75, 3.05) is 18.4 Å². The second-order valence-corrected chi connectivity index (χ2v) is 6.14. The highest BCUT2D eigenvalue weighted by Crippen LogP contribution is 2.18. The third-order valence-electron chi connectivity index (χ3n) is 4.13. The summed E-state index contributed by atoms with van der Waals surface area (Å²) >= 11 is 0. The number of anilines is 1. The van der Waals surface area contributed by atoms with Crippen molar-refractivity contribution in [1.29, 1.82) is 0 Å². The van der Waals surface area contributed by atoms with Gasteiger partial charge < -0.3 is 15.4 Å². The van der Waals surface area contributed by atoms with Crippen LogP contribution in [0.4, 0.5) is 5.69 Å². The van der Waals surface area contributed by atoms with Crippen molar-refractivity contribution in [1.82, 2.24) is 5.32 Å². The number of benzene rings is 2. The topological polar surface area (TPSA) is 45.6 Å². The van der Waals surface area contributed by atoms with Gasteiger partial charge in [0.05, 0.1) is 12.6 Å². The molecule has 0 bridgehead atoms. The Morgan fingerprint density at radius 2 is 1.72 bits per heavy atom. The molecule has 1 atom stereocenters. The van der Waals surface area contributed by atoms with Gasteiger partial charge in [0.1, 0.15) is 5.75 Å². The molecular formula is C20H26ClN3O. The van der Waals surface area contributed by atoms with Crippen LogP contribution >= 0.6 is 12.4 Å². The summed E-state index contributed by atoms with van der Waals surface area (Å²) in [7, 11) is 0. The number of guanidine groups is 1. The first-order valence-corrected chi connectivity index (χ1v) is 8.63. The van der Waals surface area contributed by atoms with Crippen LogP contribution in [0.15, 0.2) is 53.5 Å². The van der Waals surface area contributed by atoms with Crippen molar-refractivity contribution in [3.63, 3.8) is 0 Å². The van der Waals surface area contributed by atoms with Crippen molar-refractivity contribution in [2.45, 2.75) is 32.8 Å². The van der Waals surface area contributed by atoms with Crippen LogP contribution in [-0.4, -0.2) is 25.2 Å². The first kappa shape index (κ1) is 19.1. The maximum Gasteiger partial charge on any atom is 0.195 e. The maximum atomic E-state index is 5.82. The van der Waals surface area contributed by atoms with Gasteiger partial charge in [-0.3, -0.25) is 4.99 Å². The maximum absolute atomic E-state index is 5.82. The van der Waals surface area contributed by atoms with E-state index >= 15 is 0 Å². The lowest BCUT2D eigenvalue weighted by Gasteiger charge is -2.13. The Hall–Kier alpha value is -2.20. The fourth-order valence-electron chi connectivity index (χ4n) is 2.56. The molecule has 25 heavy (non-hydrogen) atoms. The van der Waals surface area contributed by atoms with Gasteiger partial charge in [-0.2, -0.15) is 0 Å². The molecule has 0 spiro atoms. The Morgan fingerprint density at radius 3 is 2.28 bits per heavy atom. The van der Waals surface area contributed by atoms with E-state index in [9.17, 15) is 0 Å². The Kier molecular flexibility index (Phi) is 7.14. The minimum Gasteiger partial charge on any atom is -0.491 e. The van der Waals surface area contributed by atoms with E-state index < -0.39 is 0 Å². The molecule has 0 amide bonds. The van der Waals surface area contributed by atoms with Crippen LogP contribution in [-0.2, 0) is 6.42 Å². The molecule has 134 valence electrons. The molecule has 0 radical (unpaired) electrons. The van der Waals surface area contributed by atoms with Crippen molar-refractivity contribution in [2.24, 2.45) is 4.99 Å². The molecule has 0 fully saturated rings. The number of hydrogen-bond acceptors (Lipinski definition) is 4. The fourth-order valence-corrected chi connectivity index (χ4v) is 2.56. The lowest BCUT2D eigenvalue weighted by atomic mass is 10.0. The average Bonchev–Trinajstić information content (AvgIpc) is 3.11. The largest absolute Gasteiger partial charge is 0.491 e. The van der Waals surface area contributed by atoms with Gasteiger partial charge in [0, 0.05) is 12.2 Å². The smallest absolute Gasteiger partial charge is 0.195 e. The van der Waals surface area contributed by atoms with Gasteiger partial charge in [0.15, 0.2) is 5.96 Å². The SMILES string of the molecule is CCC(C)Oc1ccc(Cc2ccc(NC3=NCCN3)cc2)cc1.Cl. The summed E-state index contributed by atoms with van der Waals surface area (Å²) in [4.78, 5) is 4.34. The summed E-state index contributed by atoms with van der Waals surface area (Å²) in [5, 5.41) is 6.49. The molecule has 2 aromatic rings. The molecule has 0 saturated carbocycles. The van der Waals surface area contributed by atoms with E-state index in [2.05, 4.69) is 78.0 Å². The van der Waals surface area contributed by atoms with Gasteiger partial charge in [-0.1, -0.05) is 31.2 Å².